The second-order valence-corrected chi connectivity index (χ2v) is 6.02. The van der Waals surface area contributed by atoms with Crippen LogP contribution in [-0.2, 0) is 0 Å². The van der Waals surface area contributed by atoms with Gasteiger partial charge in [0.15, 0.2) is 0 Å². The Morgan fingerprint density at radius 2 is 1.30 bits per heavy atom. The van der Waals surface area contributed by atoms with Gasteiger partial charge in [-0.25, -0.2) is 0 Å². The van der Waals surface area contributed by atoms with Crippen LogP contribution in [0.15, 0.2) is 36.0 Å². The highest BCUT2D eigenvalue weighted by atomic mass is 14.0. The quantitative estimate of drug-likeness (QED) is 0.243. The first-order valence-corrected chi connectivity index (χ1v) is 8.62. The smallest absolute Gasteiger partial charge is 0.0313 e. The molecule has 20 heavy (non-hydrogen) atoms. The van der Waals surface area contributed by atoms with Crippen molar-refractivity contribution >= 4 is 0 Å². The molecule has 0 atom stereocenters. The first kappa shape index (κ1) is 19.2. The molecule has 0 spiro atoms. The average Bonchev–Trinajstić information content (AvgIpc) is 2.44. The Morgan fingerprint density at radius 3 is 1.80 bits per heavy atom. The van der Waals surface area contributed by atoms with Gasteiger partial charge in [0.25, 0.3) is 0 Å². The largest absolute Gasteiger partial charge is 0.103 e. The van der Waals surface area contributed by atoms with Crippen LogP contribution in [0.1, 0.15) is 91.4 Å². The van der Waals surface area contributed by atoms with Crippen molar-refractivity contribution in [2.24, 2.45) is 0 Å². The molecule has 0 heterocycles. The minimum absolute atomic E-state index is 1.16. The molecule has 0 aromatic carbocycles. The van der Waals surface area contributed by atoms with Crippen molar-refractivity contribution in [1.29, 1.82) is 0 Å². The van der Waals surface area contributed by atoms with E-state index in [1.165, 1.54) is 64.2 Å². The zero-order chi connectivity index (χ0) is 15.1. The summed E-state index contributed by atoms with van der Waals surface area (Å²) in [6.45, 7) is 10.6. The highest BCUT2D eigenvalue weighted by molar-refractivity contribution is 5.02. The lowest BCUT2D eigenvalue weighted by molar-refractivity contribution is 0.663. The van der Waals surface area contributed by atoms with Gasteiger partial charge in [0.2, 0.25) is 0 Å². The van der Waals surface area contributed by atoms with E-state index in [4.69, 9.17) is 0 Å². The Balaban J connectivity index is 3.62. The minimum atomic E-state index is 1.16. The zero-order valence-corrected chi connectivity index (χ0v) is 14.2. The molecule has 0 fully saturated rings. The van der Waals surface area contributed by atoms with E-state index in [2.05, 4.69) is 39.5 Å². The van der Waals surface area contributed by atoms with Crippen LogP contribution in [0, 0.1) is 0 Å². The normalized spacial score (nSPS) is 12.8. The lowest BCUT2D eigenvalue weighted by Crippen LogP contribution is -1.82. The SMILES string of the molecule is C=CCCCCC(C)=CCCC=C(C)CCCCCC. The summed E-state index contributed by atoms with van der Waals surface area (Å²) in [5.41, 5.74) is 3.14. The zero-order valence-electron chi connectivity index (χ0n) is 14.2. The topological polar surface area (TPSA) is 0 Å². The third kappa shape index (κ3) is 13.6. The molecule has 0 heteroatoms. The van der Waals surface area contributed by atoms with E-state index in [9.17, 15) is 0 Å². The number of rotatable bonds is 13. The molecule has 0 aliphatic heterocycles. The van der Waals surface area contributed by atoms with E-state index < -0.39 is 0 Å². The third-order valence-electron chi connectivity index (χ3n) is 3.81. The van der Waals surface area contributed by atoms with Crippen LogP contribution in [0.4, 0.5) is 0 Å². The van der Waals surface area contributed by atoms with Gasteiger partial charge in [-0.3, -0.25) is 0 Å². The minimum Gasteiger partial charge on any atom is -0.103 e. The van der Waals surface area contributed by atoms with Crippen molar-refractivity contribution in [3.63, 3.8) is 0 Å². The monoisotopic (exact) mass is 276 g/mol. The molecule has 0 N–H and O–H groups in total. The van der Waals surface area contributed by atoms with E-state index in [-0.39, 0.29) is 0 Å². The number of allylic oxidation sites excluding steroid dienone is 5. The maximum atomic E-state index is 3.76. The fraction of sp³-hybridized carbons (Fsp3) is 0.700. The summed E-state index contributed by atoms with van der Waals surface area (Å²) in [5, 5.41) is 0. The highest BCUT2D eigenvalue weighted by Gasteiger charge is 1.93. The molecule has 0 aromatic rings. The molecule has 0 bridgehead atoms. The van der Waals surface area contributed by atoms with Crippen LogP contribution in [0.2, 0.25) is 0 Å². The fourth-order valence-corrected chi connectivity index (χ4v) is 2.39. The lowest BCUT2D eigenvalue weighted by Gasteiger charge is -2.02. The van der Waals surface area contributed by atoms with Gasteiger partial charge in [-0.15, -0.1) is 6.58 Å². The van der Waals surface area contributed by atoms with Crippen molar-refractivity contribution < 1.29 is 0 Å². The summed E-state index contributed by atoms with van der Waals surface area (Å²) in [5.74, 6) is 0. The van der Waals surface area contributed by atoms with Gasteiger partial charge in [0, 0.05) is 0 Å². The van der Waals surface area contributed by atoms with Crippen LogP contribution in [0.5, 0.6) is 0 Å². The fourth-order valence-electron chi connectivity index (χ4n) is 2.39. The summed E-state index contributed by atoms with van der Waals surface area (Å²) in [4.78, 5) is 0. The van der Waals surface area contributed by atoms with Crippen molar-refractivity contribution in [1.82, 2.24) is 0 Å². The molecule has 0 amide bonds. The third-order valence-corrected chi connectivity index (χ3v) is 3.81. The van der Waals surface area contributed by atoms with Gasteiger partial charge >= 0.3 is 0 Å². The molecule has 0 nitrogen and oxygen atoms in total. The van der Waals surface area contributed by atoms with E-state index in [0.717, 1.165) is 6.42 Å². The van der Waals surface area contributed by atoms with Gasteiger partial charge in [-0.1, -0.05) is 55.6 Å². The Bertz CT molecular complexity index is 280. The molecule has 0 aliphatic rings. The molecule has 0 aromatic heterocycles. The summed E-state index contributed by atoms with van der Waals surface area (Å²) in [7, 11) is 0. The van der Waals surface area contributed by atoms with Crippen LogP contribution < -0.4 is 0 Å². The second kappa shape index (κ2) is 14.6. The van der Waals surface area contributed by atoms with E-state index in [1.54, 1.807) is 11.1 Å². The Labute approximate surface area is 128 Å². The van der Waals surface area contributed by atoms with Gasteiger partial charge in [-0.05, 0) is 65.2 Å². The van der Waals surface area contributed by atoms with Gasteiger partial charge in [0.1, 0.15) is 0 Å². The van der Waals surface area contributed by atoms with Gasteiger partial charge in [-0.2, -0.15) is 0 Å². The standard InChI is InChI=1S/C20H36/c1-5-7-9-11-15-19(3)17-13-14-18-20(4)16-12-10-8-6-2/h5,17-18H,1,6-16H2,2-4H3. The van der Waals surface area contributed by atoms with Crippen molar-refractivity contribution in [2.45, 2.75) is 91.4 Å². The molecule has 0 aliphatic carbocycles. The number of hydrogen-bond acceptors (Lipinski definition) is 0. The molecule has 0 rings (SSSR count). The van der Waals surface area contributed by atoms with E-state index in [0.29, 0.717) is 0 Å². The predicted octanol–water partition coefficient (Wildman–Crippen LogP) is 7.38. The first-order chi connectivity index (χ1) is 9.70. The maximum absolute atomic E-state index is 3.76. The van der Waals surface area contributed by atoms with Gasteiger partial charge in [0.05, 0.1) is 0 Å². The highest BCUT2D eigenvalue weighted by Crippen LogP contribution is 2.13. The van der Waals surface area contributed by atoms with E-state index >= 15 is 0 Å². The van der Waals surface area contributed by atoms with E-state index in [1.807, 2.05) is 6.08 Å². The Hall–Kier alpha value is -0.780. The molecule has 0 saturated heterocycles. The lowest BCUT2D eigenvalue weighted by atomic mass is 10.0. The van der Waals surface area contributed by atoms with Crippen LogP contribution >= 0.6 is 0 Å². The van der Waals surface area contributed by atoms with Crippen molar-refractivity contribution in [2.75, 3.05) is 0 Å². The average molecular weight is 277 g/mol. The number of unbranched alkanes of at least 4 members (excludes halogenated alkanes) is 6. The summed E-state index contributed by atoms with van der Waals surface area (Å²) in [6, 6.07) is 0. The summed E-state index contributed by atoms with van der Waals surface area (Å²) >= 11 is 0. The van der Waals surface area contributed by atoms with Crippen LogP contribution in [0.25, 0.3) is 0 Å². The molecule has 0 saturated carbocycles. The van der Waals surface area contributed by atoms with Crippen LogP contribution in [-0.4, -0.2) is 0 Å². The molecule has 0 radical (unpaired) electrons. The Morgan fingerprint density at radius 1 is 0.750 bits per heavy atom. The second-order valence-electron chi connectivity index (χ2n) is 6.02. The first-order valence-electron chi connectivity index (χ1n) is 8.62. The predicted molar refractivity (Wildman–Crippen MR) is 94.2 cm³/mol. The molecule has 116 valence electrons. The molecular weight excluding hydrogens is 240 g/mol. The van der Waals surface area contributed by atoms with Crippen LogP contribution in [0.3, 0.4) is 0 Å². The summed E-state index contributed by atoms with van der Waals surface area (Å²) < 4.78 is 0. The molecular formula is C20H36. The van der Waals surface area contributed by atoms with Crippen molar-refractivity contribution in [3.05, 3.63) is 36.0 Å². The van der Waals surface area contributed by atoms with Gasteiger partial charge < -0.3 is 0 Å². The maximum Gasteiger partial charge on any atom is -0.0313 e. The van der Waals surface area contributed by atoms with Crippen molar-refractivity contribution in [3.8, 4) is 0 Å². The molecule has 0 unspecified atom stereocenters. The Kier molecular flexibility index (Phi) is 14.1. The summed E-state index contributed by atoms with van der Waals surface area (Å²) in [6.07, 6.45) is 21.1. The number of hydrogen-bond donors (Lipinski definition) is 0.